The molecule has 1 amide bonds. The molecule has 0 saturated carbocycles. The van der Waals surface area contributed by atoms with E-state index in [1.54, 1.807) is 6.92 Å². The Morgan fingerprint density at radius 3 is 2.78 bits per heavy atom. The van der Waals surface area contributed by atoms with E-state index in [1.165, 1.54) is 0 Å². The van der Waals surface area contributed by atoms with Gasteiger partial charge in [0.2, 0.25) is 11.7 Å². The molecule has 0 aliphatic carbocycles. The minimum Gasteiger partial charge on any atom is -0.490 e. The van der Waals surface area contributed by atoms with Crippen molar-refractivity contribution in [2.24, 2.45) is 16.6 Å². The monoisotopic (exact) mass is 500 g/mol. The van der Waals surface area contributed by atoms with Crippen LogP contribution in [0.25, 0.3) is 11.4 Å². The number of rotatable bonds is 11. The molecule has 3 rings (SSSR count). The first-order valence-electron chi connectivity index (χ1n) is 12.0. The third-order valence-electron chi connectivity index (χ3n) is 5.44. The number of aliphatic hydroxyl groups excluding tert-OH is 2. The van der Waals surface area contributed by atoms with E-state index in [0.29, 0.717) is 29.6 Å². The summed E-state index contributed by atoms with van der Waals surface area (Å²) in [5, 5.41) is 28.7. The molecule has 196 valence electrons. The third-order valence-corrected chi connectivity index (χ3v) is 5.44. The van der Waals surface area contributed by atoms with Crippen LogP contribution in [-0.2, 0) is 11.2 Å². The topological polar surface area (TPSA) is 168 Å². The highest BCUT2D eigenvalue weighted by atomic mass is 16.5. The molecular formula is C25H36N6O5. The smallest absolute Gasteiger partial charge is 0.276 e. The molecular weight excluding hydrogens is 464 g/mol. The molecule has 1 aliphatic rings. The Bertz CT molecular complexity index is 1140. The fraction of sp³-hybridized carbons (Fsp3) is 0.520. The third kappa shape index (κ3) is 7.12. The molecule has 1 aliphatic heterocycles. The lowest BCUT2D eigenvalue weighted by atomic mass is 10.0. The van der Waals surface area contributed by atoms with Crippen molar-refractivity contribution in [3.8, 4) is 17.1 Å². The summed E-state index contributed by atoms with van der Waals surface area (Å²) in [6.07, 6.45) is 2.46. The first kappa shape index (κ1) is 27.3. The molecule has 11 nitrogen and oxygen atoms in total. The van der Waals surface area contributed by atoms with Crippen LogP contribution in [0.5, 0.6) is 5.75 Å². The molecule has 0 saturated heterocycles. The van der Waals surface area contributed by atoms with Crippen molar-refractivity contribution in [3.05, 3.63) is 40.9 Å². The van der Waals surface area contributed by atoms with Crippen molar-refractivity contribution in [2.75, 3.05) is 19.8 Å². The number of nitrogens with two attached hydrogens (primary N) is 1. The quantitative estimate of drug-likeness (QED) is 0.306. The summed E-state index contributed by atoms with van der Waals surface area (Å²) in [5.74, 6) is 0.267. The fourth-order valence-electron chi connectivity index (χ4n) is 3.91. The van der Waals surface area contributed by atoms with Gasteiger partial charge >= 0.3 is 0 Å². The van der Waals surface area contributed by atoms with Crippen molar-refractivity contribution in [1.82, 2.24) is 20.8 Å². The van der Waals surface area contributed by atoms with Gasteiger partial charge in [-0.2, -0.15) is 4.98 Å². The Morgan fingerprint density at radius 2 is 2.11 bits per heavy atom. The number of aryl methyl sites for hydroxylation is 2. The number of allylic oxidation sites excluding steroid dienone is 2. The van der Waals surface area contributed by atoms with E-state index in [1.807, 2.05) is 32.1 Å². The molecule has 1 aromatic carbocycles. The number of nitrogens with one attached hydrogen (secondary N) is 2. The second-order valence-corrected chi connectivity index (χ2v) is 9.52. The van der Waals surface area contributed by atoms with Crippen LogP contribution >= 0.6 is 0 Å². The lowest BCUT2D eigenvalue weighted by Gasteiger charge is -2.29. The van der Waals surface area contributed by atoms with E-state index in [0.717, 1.165) is 28.8 Å². The van der Waals surface area contributed by atoms with Gasteiger partial charge in [-0.3, -0.25) is 10.5 Å². The van der Waals surface area contributed by atoms with Crippen LogP contribution in [-0.4, -0.2) is 63.6 Å². The molecule has 1 unspecified atom stereocenters. The lowest BCUT2D eigenvalue weighted by molar-refractivity contribution is -0.124. The van der Waals surface area contributed by atoms with Gasteiger partial charge in [-0.05, 0) is 61.9 Å². The SMILES string of the molecule is CCc1cc(-c2noc(C3=NC(C)(N)NC(CC(C)C)=C3)n2)cc(C)c1OC[C@@H](O)CNC(=O)CO. The minimum absolute atomic E-state index is 0.0119. The summed E-state index contributed by atoms with van der Waals surface area (Å²) >= 11 is 0. The Kier molecular flexibility index (Phi) is 8.83. The first-order chi connectivity index (χ1) is 17.0. The highest BCUT2D eigenvalue weighted by Gasteiger charge is 2.27. The number of aromatic nitrogens is 2. The van der Waals surface area contributed by atoms with Gasteiger partial charge in [0.25, 0.3) is 5.89 Å². The Labute approximate surface area is 210 Å². The van der Waals surface area contributed by atoms with E-state index in [4.69, 9.17) is 20.1 Å². The predicted molar refractivity (Wildman–Crippen MR) is 135 cm³/mol. The van der Waals surface area contributed by atoms with Crippen LogP contribution in [0, 0.1) is 12.8 Å². The molecule has 2 atom stereocenters. The molecule has 6 N–H and O–H groups in total. The van der Waals surface area contributed by atoms with E-state index in [2.05, 4.69) is 39.6 Å². The number of hydrogen-bond acceptors (Lipinski definition) is 10. The summed E-state index contributed by atoms with van der Waals surface area (Å²) in [4.78, 5) is 20.2. The van der Waals surface area contributed by atoms with E-state index in [9.17, 15) is 9.90 Å². The zero-order valence-corrected chi connectivity index (χ0v) is 21.5. The molecule has 0 radical (unpaired) electrons. The van der Waals surface area contributed by atoms with Crippen molar-refractivity contribution in [2.45, 2.75) is 59.4 Å². The molecule has 11 heteroatoms. The van der Waals surface area contributed by atoms with Crippen LogP contribution in [0.4, 0.5) is 0 Å². The highest BCUT2D eigenvalue weighted by molar-refractivity contribution is 6.06. The standard InChI is InChI=1S/C25H36N6O5/c1-6-16-9-17(8-15(4)22(16)35-13-19(33)11-27-21(34)12-32)23-28-24(36-31-23)20-10-18(7-14(2)3)29-25(5,26)30-20/h8-10,14,19,29,32-33H,6-7,11-13,26H2,1-5H3,(H,27,34)/t19-,25?/m0/s1. The number of nitrogens with zero attached hydrogens (tertiary/aromatic N) is 3. The zero-order valence-electron chi connectivity index (χ0n) is 21.5. The van der Waals surface area contributed by atoms with E-state index >= 15 is 0 Å². The maximum atomic E-state index is 11.2. The number of hydrogen-bond donors (Lipinski definition) is 5. The highest BCUT2D eigenvalue weighted by Crippen LogP contribution is 2.30. The first-order valence-corrected chi connectivity index (χ1v) is 12.0. The lowest BCUT2D eigenvalue weighted by Crippen LogP contribution is -2.51. The molecule has 2 heterocycles. The largest absolute Gasteiger partial charge is 0.490 e. The summed E-state index contributed by atoms with van der Waals surface area (Å²) < 4.78 is 11.4. The van der Waals surface area contributed by atoms with Crippen molar-refractivity contribution in [1.29, 1.82) is 0 Å². The molecule has 1 aromatic heterocycles. The zero-order chi connectivity index (χ0) is 26.5. The maximum Gasteiger partial charge on any atom is 0.276 e. The molecule has 0 bridgehead atoms. The normalized spacial score (nSPS) is 18.4. The van der Waals surface area contributed by atoms with Gasteiger partial charge in [-0.15, -0.1) is 0 Å². The number of carbonyl (C=O) groups is 1. The average molecular weight is 501 g/mol. The number of amides is 1. The van der Waals surface area contributed by atoms with E-state index in [-0.39, 0.29) is 19.0 Å². The second kappa shape index (κ2) is 11.6. The molecule has 0 spiro atoms. The number of benzene rings is 1. The van der Waals surface area contributed by atoms with Crippen LogP contribution in [0.15, 0.2) is 33.4 Å². The number of aliphatic hydroxyl groups is 2. The fourth-order valence-corrected chi connectivity index (χ4v) is 3.91. The van der Waals surface area contributed by atoms with Gasteiger partial charge in [0.15, 0.2) is 5.79 Å². The summed E-state index contributed by atoms with van der Waals surface area (Å²) in [5.41, 5.74) is 10.3. The van der Waals surface area contributed by atoms with Gasteiger partial charge in [0.1, 0.15) is 30.8 Å². The van der Waals surface area contributed by atoms with E-state index < -0.39 is 24.4 Å². The Morgan fingerprint density at radius 1 is 1.36 bits per heavy atom. The van der Waals surface area contributed by atoms with Crippen LogP contribution in [0.2, 0.25) is 0 Å². The van der Waals surface area contributed by atoms with Gasteiger partial charge < -0.3 is 30.1 Å². The van der Waals surface area contributed by atoms with Crippen molar-refractivity contribution >= 4 is 11.6 Å². The van der Waals surface area contributed by atoms with Crippen LogP contribution in [0.3, 0.4) is 0 Å². The van der Waals surface area contributed by atoms with Crippen molar-refractivity contribution < 1.29 is 24.3 Å². The Hall–Kier alpha value is -3.28. The molecule has 2 aromatic rings. The number of aliphatic imine (C=N–C) groups is 1. The summed E-state index contributed by atoms with van der Waals surface area (Å²) in [7, 11) is 0. The van der Waals surface area contributed by atoms with Gasteiger partial charge in [0, 0.05) is 17.8 Å². The minimum atomic E-state index is -0.973. The predicted octanol–water partition coefficient (Wildman–Crippen LogP) is 1.41. The summed E-state index contributed by atoms with van der Waals surface area (Å²) in [6, 6.07) is 3.81. The summed E-state index contributed by atoms with van der Waals surface area (Å²) in [6.45, 7) is 9.28. The number of carbonyl (C=O) groups excluding carboxylic acids is 1. The van der Waals surface area contributed by atoms with Crippen LogP contribution in [0.1, 0.15) is 51.1 Å². The van der Waals surface area contributed by atoms with Gasteiger partial charge in [0.05, 0.1) is 0 Å². The average Bonchev–Trinajstić information content (AvgIpc) is 3.30. The van der Waals surface area contributed by atoms with Crippen LogP contribution < -0.4 is 21.1 Å². The number of ether oxygens (including phenoxy) is 1. The molecule has 36 heavy (non-hydrogen) atoms. The maximum absolute atomic E-state index is 11.2. The van der Waals surface area contributed by atoms with Gasteiger partial charge in [-0.1, -0.05) is 25.9 Å². The van der Waals surface area contributed by atoms with Gasteiger partial charge in [-0.25, -0.2) is 4.99 Å². The van der Waals surface area contributed by atoms with Crippen molar-refractivity contribution in [3.63, 3.8) is 0 Å². The Balaban J connectivity index is 1.79. The molecule has 0 fully saturated rings. The second-order valence-electron chi connectivity index (χ2n) is 9.52.